The first kappa shape index (κ1) is 26.3. The molecule has 0 saturated heterocycles. The van der Waals surface area contributed by atoms with Crippen LogP contribution in [0.4, 0.5) is 23.7 Å². The number of hydrogen-bond donors (Lipinski definition) is 1. The molecule has 1 heterocycles. The van der Waals surface area contributed by atoms with Crippen molar-refractivity contribution in [1.82, 2.24) is 9.80 Å². The Balaban J connectivity index is 1.78. The lowest BCUT2D eigenvalue weighted by Gasteiger charge is -2.28. The smallest absolute Gasteiger partial charge is 0.332 e. The van der Waals surface area contributed by atoms with Crippen LogP contribution < -0.4 is 5.32 Å². The number of amides is 3. The van der Waals surface area contributed by atoms with Gasteiger partial charge >= 0.3 is 12.2 Å². The maximum atomic E-state index is 13.4. The van der Waals surface area contributed by atoms with Crippen molar-refractivity contribution in [3.8, 4) is 0 Å². The predicted octanol–water partition coefficient (Wildman–Crippen LogP) is 6.55. The summed E-state index contributed by atoms with van der Waals surface area (Å²) >= 11 is 1.59. The Hall–Kier alpha value is -3.33. The fourth-order valence-corrected chi connectivity index (χ4v) is 4.52. The van der Waals surface area contributed by atoms with Gasteiger partial charge in [-0.2, -0.15) is 13.2 Å². The van der Waals surface area contributed by atoms with Crippen molar-refractivity contribution < 1.29 is 22.8 Å². The van der Waals surface area contributed by atoms with Gasteiger partial charge in [0.15, 0.2) is 0 Å². The summed E-state index contributed by atoms with van der Waals surface area (Å²) in [5.74, 6) is -0.285. The average Bonchev–Trinajstić information content (AvgIpc) is 3.23. The monoisotopic (exact) mass is 503 g/mol. The molecule has 1 N–H and O–H groups in total. The average molecular weight is 504 g/mol. The van der Waals surface area contributed by atoms with E-state index in [4.69, 9.17) is 0 Å². The number of alkyl halides is 3. The molecule has 0 fully saturated rings. The van der Waals surface area contributed by atoms with E-state index < -0.39 is 17.8 Å². The van der Waals surface area contributed by atoms with E-state index in [-0.39, 0.29) is 24.7 Å². The predicted molar refractivity (Wildman–Crippen MR) is 132 cm³/mol. The lowest BCUT2D eigenvalue weighted by molar-refractivity contribution is -0.137. The van der Waals surface area contributed by atoms with E-state index in [0.717, 1.165) is 21.4 Å². The van der Waals surface area contributed by atoms with Crippen molar-refractivity contribution in [3.05, 3.63) is 87.6 Å². The highest BCUT2D eigenvalue weighted by atomic mass is 32.1. The van der Waals surface area contributed by atoms with Crippen molar-refractivity contribution >= 4 is 29.0 Å². The molecule has 1 aromatic heterocycles. The molecule has 0 atom stereocenters. The molecule has 3 aromatic rings. The third-order valence-corrected chi connectivity index (χ3v) is 6.28. The maximum Gasteiger partial charge on any atom is 0.418 e. The van der Waals surface area contributed by atoms with Crippen LogP contribution in [0.5, 0.6) is 0 Å². The Kier molecular flexibility index (Phi) is 8.92. The van der Waals surface area contributed by atoms with Crippen LogP contribution in [0.25, 0.3) is 0 Å². The highest BCUT2D eigenvalue weighted by molar-refractivity contribution is 7.11. The van der Waals surface area contributed by atoms with E-state index in [1.807, 2.05) is 56.3 Å². The van der Waals surface area contributed by atoms with Gasteiger partial charge in [0.25, 0.3) is 0 Å². The van der Waals surface area contributed by atoms with Gasteiger partial charge in [0, 0.05) is 22.8 Å². The molecule has 186 valence electrons. The number of carbonyl (C=O) groups excluding carboxylic acids is 2. The van der Waals surface area contributed by atoms with Crippen LogP contribution in [0.1, 0.15) is 34.2 Å². The molecule has 0 radical (unpaired) electrons. The van der Waals surface area contributed by atoms with Crippen molar-refractivity contribution in [2.24, 2.45) is 0 Å². The molecule has 3 rings (SSSR count). The molecule has 0 spiro atoms. The minimum Gasteiger partial charge on any atom is -0.332 e. The summed E-state index contributed by atoms with van der Waals surface area (Å²) < 4.78 is 40.1. The fraction of sp³-hybridized carbons (Fsp3) is 0.308. The molecule has 0 unspecified atom stereocenters. The molecule has 2 aromatic carbocycles. The zero-order valence-electron chi connectivity index (χ0n) is 19.6. The second-order valence-corrected chi connectivity index (χ2v) is 9.52. The third kappa shape index (κ3) is 7.58. The Morgan fingerprint density at radius 3 is 2.23 bits per heavy atom. The Bertz CT molecular complexity index is 1130. The fourth-order valence-electron chi connectivity index (χ4n) is 3.61. The van der Waals surface area contributed by atoms with Crippen LogP contribution in [0.2, 0.25) is 0 Å². The number of aryl methyl sites for hydroxylation is 1. The van der Waals surface area contributed by atoms with Crippen LogP contribution in [0.15, 0.2) is 66.7 Å². The molecule has 0 aliphatic rings. The Morgan fingerprint density at radius 1 is 0.914 bits per heavy atom. The van der Waals surface area contributed by atoms with Gasteiger partial charge in [-0.05, 0) is 43.2 Å². The van der Waals surface area contributed by atoms with Crippen LogP contribution in [0, 0.1) is 6.92 Å². The number of para-hydroxylation sites is 1. The van der Waals surface area contributed by atoms with E-state index in [1.165, 1.54) is 23.1 Å². The van der Waals surface area contributed by atoms with Crippen molar-refractivity contribution in [1.29, 1.82) is 0 Å². The van der Waals surface area contributed by atoms with Gasteiger partial charge in [0.05, 0.1) is 17.8 Å². The summed E-state index contributed by atoms with van der Waals surface area (Å²) in [6, 6.07) is 17.5. The number of nitrogens with one attached hydrogen (secondary N) is 1. The first-order valence-corrected chi connectivity index (χ1v) is 12.1. The minimum absolute atomic E-state index is 0.225. The summed E-state index contributed by atoms with van der Waals surface area (Å²) in [5.41, 5.74) is -0.330. The zero-order valence-corrected chi connectivity index (χ0v) is 20.5. The van der Waals surface area contributed by atoms with Gasteiger partial charge in [-0.25, -0.2) is 4.79 Å². The molecular formula is C26H28F3N3O2S. The van der Waals surface area contributed by atoms with E-state index in [9.17, 15) is 22.8 Å². The minimum atomic E-state index is -4.61. The number of thiophene rings is 1. The summed E-state index contributed by atoms with van der Waals surface area (Å²) in [6.07, 6.45) is -4.06. The van der Waals surface area contributed by atoms with E-state index >= 15 is 0 Å². The van der Waals surface area contributed by atoms with E-state index in [2.05, 4.69) is 5.32 Å². The van der Waals surface area contributed by atoms with Crippen LogP contribution in [-0.4, -0.2) is 34.8 Å². The molecule has 9 heteroatoms. The quantitative estimate of drug-likeness (QED) is 0.360. The third-order valence-electron chi connectivity index (χ3n) is 5.29. The molecule has 0 saturated carbocycles. The maximum absolute atomic E-state index is 13.4. The normalized spacial score (nSPS) is 11.2. The molecule has 0 bridgehead atoms. The molecule has 5 nitrogen and oxygen atoms in total. The lowest BCUT2D eigenvalue weighted by atomic mass is 10.1. The highest BCUT2D eigenvalue weighted by Gasteiger charge is 2.34. The Labute approximate surface area is 207 Å². The van der Waals surface area contributed by atoms with E-state index in [0.29, 0.717) is 19.5 Å². The number of carbonyl (C=O) groups is 2. The van der Waals surface area contributed by atoms with E-state index in [1.54, 1.807) is 16.2 Å². The summed E-state index contributed by atoms with van der Waals surface area (Å²) in [4.78, 5) is 31.4. The molecule has 3 amide bonds. The molecule has 0 aliphatic carbocycles. The standard InChI is InChI=1S/C26H28F3N3O2S/c1-3-15-31(25(34)30-23-12-8-7-11-22(23)26(27,28)29)18-24(33)32(16-20-9-5-4-6-10-20)17-21-14-13-19(2)35-21/h4-14H,3,15-18H2,1-2H3,(H,30,34). The van der Waals surface area contributed by atoms with Crippen LogP contribution in [-0.2, 0) is 24.1 Å². The van der Waals surface area contributed by atoms with Crippen molar-refractivity contribution in [2.75, 3.05) is 18.4 Å². The van der Waals surface area contributed by atoms with Gasteiger partial charge < -0.3 is 15.1 Å². The van der Waals surface area contributed by atoms with Gasteiger partial charge in [0.2, 0.25) is 5.91 Å². The molecule has 0 aliphatic heterocycles. The van der Waals surface area contributed by atoms with Crippen molar-refractivity contribution in [3.63, 3.8) is 0 Å². The highest BCUT2D eigenvalue weighted by Crippen LogP contribution is 2.34. The second-order valence-electron chi connectivity index (χ2n) is 8.14. The number of benzene rings is 2. The van der Waals surface area contributed by atoms with Gasteiger partial charge in [-0.3, -0.25) is 4.79 Å². The van der Waals surface area contributed by atoms with Gasteiger partial charge in [-0.15, -0.1) is 11.3 Å². The topological polar surface area (TPSA) is 52.7 Å². The number of urea groups is 1. The van der Waals surface area contributed by atoms with Crippen LogP contribution >= 0.6 is 11.3 Å². The molecule has 35 heavy (non-hydrogen) atoms. The second kappa shape index (κ2) is 11.9. The first-order valence-electron chi connectivity index (χ1n) is 11.3. The van der Waals surface area contributed by atoms with Gasteiger partial charge in [0.1, 0.15) is 6.54 Å². The summed E-state index contributed by atoms with van der Waals surface area (Å²) in [5, 5.41) is 2.35. The molecular weight excluding hydrogens is 475 g/mol. The number of anilines is 1. The largest absolute Gasteiger partial charge is 0.418 e. The summed E-state index contributed by atoms with van der Waals surface area (Å²) in [6.45, 7) is 4.54. The number of nitrogens with zero attached hydrogens (tertiary/aromatic N) is 2. The Morgan fingerprint density at radius 2 is 1.60 bits per heavy atom. The summed E-state index contributed by atoms with van der Waals surface area (Å²) in [7, 11) is 0. The van der Waals surface area contributed by atoms with Crippen LogP contribution in [0.3, 0.4) is 0 Å². The number of halogens is 3. The van der Waals surface area contributed by atoms with Gasteiger partial charge in [-0.1, -0.05) is 49.4 Å². The number of rotatable bonds is 9. The zero-order chi connectivity index (χ0) is 25.4. The SMILES string of the molecule is CCCN(CC(=O)N(Cc1ccccc1)Cc1ccc(C)s1)C(=O)Nc1ccccc1C(F)(F)F. The lowest BCUT2D eigenvalue weighted by Crippen LogP contribution is -2.44. The first-order chi connectivity index (χ1) is 16.7. The van der Waals surface area contributed by atoms with Crippen molar-refractivity contribution in [2.45, 2.75) is 39.5 Å². The number of hydrogen-bond acceptors (Lipinski definition) is 3.